The van der Waals surface area contributed by atoms with E-state index < -0.39 is 17.5 Å². The van der Waals surface area contributed by atoms with Crippen molar-refractivity contribution in [3.8, 4) is 5.75 Å². The second-order valence-electron chi connectivity index (χ2n) is 3.60. The molecule has 5 heteroatoms. The number of benzene rings is 2. The lowest BCUT2D eigenvalue weighted by molar-refractivity contribution is 0.283. The Hall–Kier alpha value is -1.49. The van der Waals surface area contributed by atoms with Crippen molar-refractivity contribution < 1.29 is 17.9 Å². The summed E-state index contributed by atoms with van der Waals surface area (Å²) in [4.78, 5) is 0. The maximum absolute atomic E-state index is 13.5. The zero-order valence-electron chi connectivity index (χ0n) is 9.09. The van der Waals surface area contributed by atoms with Crippen LogP contribution in [0.1, 0.15) is 5.56 Å². The van der Waals surface area contributed by atoms with Crippen LogP contribution in [-0.2, 0) is 6.61 Å². The molecule has 0 heterocycles. The van der Waals surface area contributed by atoms with Crippen molar-refractivity contribution in [1.29, 1.82) is 0 Å². The fourth-order valence-corrected chi connectivity index (χ4v) is 1.72. The SMILES string of the molecule is Fc1ccc(F)c(OCc2ccc(Br)cc2F)c1. The summed E-state index contributed by atoms with van der Waals surface area (Å²) in [5.74, 6) is -2.00. The first-order chi connectivity index (χ1) is 8.56. The summed E-state index contributed by atoms with van der Waals surface area (Å²) in [7, 11) is 0. The van der Waals surface area contributed by atoms with Crippen molar-refractivity contribution in [3.05, 3.63) is 63.9 Å². The number of halogens is 4. The highest BCUT2D eigenvalue weighted by Gasteiger charge is 2.08. The molecule has 94 valence electrons. The molecular weight excluding hydrogens is 309 g/mol. The van der Waals surface area contributed by atoms with Crippen molar-refractivity contribution in [2.45, 2.75) is 6.61 Å². The third kappa shape index (κ3) is 3.04. The van der Waals surface area contributed by atoms with Gasteiger partial charge in [0.2, 0.25) is 0 Å². The summed E-state index contributed by atoms with van der Waals surface area (Å²) in [5.41, 5.74) is 0.266. The predicted molar refractivity (Wildman–Crippen MR) is 64.8 cm³/mol. The number of hydrogen-bond donors (Lipinski definition) is 0. The average molecular weight is 317 g/mol. The van der Waals surface area contributed by atoms with Crippen LogP contribution in [0.3, 0.4) is 0 Å². The molecule has 1 nitrogen and oxygen atoms in total. The number of hydrogen-bond acceptors (Lipinski definition) is 1. The Morgan fingerprint density at radius 1 is 0.944 bits per heavy atom. The zero-order valence-corrected chi connectivity index (χ0v) is 10.7. The van der Waals surface area contributed by atoms with Crippen LogP contribution in [0.4, 0.5) is 13.2 Å². The molecule has 18 heavy (non-hydrogen) atoms. The smallest absolute Gasteiger partial charge is 0.165 e. The minimum absolute atomic E-state index is 0.167. The van der Waals surface area contributed by atoms with Gasteiger partial charge in [0, 0.05) is 16.1 Å². The summed E-state index contributed by atoms with van der Waals surface area (Å²) >= 11 is 3.12. The Labute approximate surface area is 110 Å². The lowest BCUT2D eigenvalue weighted by Crippen LogP contribution is -2.00. The van der Waals surface area contributed by atoms with Gasteiger partial charge in [-0.25, -0.2) is 13.2 Å². The summed E-state index contributed by atoms with van der Waals surface area (Å²) < 4.78 is 45.2. The molecule has 0 saturated heterocycles. The van der Waals surface area contributed by atoms with E-state index in [0.29, 0.717) is 4.47 Å². The average Bonchev–Trinajstić information content (AvgIpc) is 2.32. The van der Waals surface area contributed by atoms with E-state index in [2.05, 4.69) is 15.9 Å². The topological polar surface area (TPSA) is 9.23 Å². The zero-order chi connectivity index (χ0) is 13.1. The first-order valence-electron chi connectivity index (χ1n) is 5.08. The van der Waals surface area contributed by atoms with Gasteiger partial charge in [-0.2, -0.15) is 0 Å². The molecule has 0 atom stereocenters. The third-order valence-electron chi connectivity index (χ3n) is 2.29. The molecule has 0 aromatic heterocycles. The van der Waals surface area contributed by atoms with Crippen LogP contribution in [0, 0.1) is 17.5 Å². The van der Waals surface area contributed by atoms with Crippen LogP contribution in [0.25, 0.3) is 0 Å². The van der Waals surface area contributed by atoms with Gasteiger partial charge in [-0.15, -0.1) is 0 Å². The molecule has 0 unspecified atom stereocenters. The first kappa shape index (κ1) is 13.0. The minimum atomic E-state index is -0.686. The van der Waals surface area contributed by atoms with Gasteiger partial charge in [0.1, 0.15) is 18.2 Å². The van der Waals surface area contributed by atoms with E-state index in [1.807, 2.05) is 0 Å². The molecule has 2 aromatic rings. The summed E-state index contributed by atoms with van der Waals surface area (Å²) in [6, 6.07) is 7.30. The molecule has 0 aliphatic carbocycles. The van der Waals surface area contributed by atoms with Crippen molar-refractivity contribution in [2.24, 2.45) is 0 Å². The Balaban J connectivity index is 2.13. The van der Waals surface area contributed by atoms with Crippen molar-refractivity contribution in [2.75, 3.05) is 0 Å². The largest absolute Gasteiger partial charge is 0.486 e. The Morgan fingerprint density at radius 3 is 2.44 bits per heavy atom. The Kier molecular flexibility index (Phi) is 3.91. The highest BCUT2D eigenvalue weighted by atomic mass is 79.9. The number of ether oxygens (including phenoxy) is 1. The maximum atomic E-state index is 13.5. The van der Waals surface area contributed by atoms with Crippen LogP contribution in [0.5, 0.6) is 5.75 Å². The van der Waals surface area contributed by atoms with Gasteiger partial charge in [-0.1, -0.05) is 22.0 Å². The van der Waals surface area contributed by atoms with E-state index in [1.54, 1.807) is 6.07 Å². The summed E-state index contributed by atoms with van der Waals surface area (Å²) in [6.07, 6.45) is 0. The number of rotatable bonds is 3. The highest BCUT2D eigenvalue weighted by Crippen LogP contribution is 2.21. The molecule has 0 fully saturated rings. The molecule has 0 saturated carbocycles. The molecule has 0 amide bonds. The highest BCUT2D eigenvalue weighted by molar-refractivity contribution is 9.10. The minimum Gasteiger partial charge on any atom is -0.486 e. The Bertz CT molecular complexity index is 572. The normalized spacial score (nSPS) is 10.4. The second kappa shape index (κ2) is 5.44. The van der Waals surface area contributed by atoms with Gasteiger partial charge in [0.05, 0.1) is 0 Å². The first-order valence-corrected chi connectivity index (χ1v) is 5.87. The van der Waals surface area contributed by atoms with Gasteiger partial charge in [0.25, 0.3) is 0 Å². The third-order valence-corrected chi connectivity index (χ3v) is 2.78. The molecule has 0 N–H and O–H groups in total. The Morgan fingerprint density at radius 2 is 1.72 bits per heavy atom. The van der Waals surface area contributed by atoms with Crippen molar-refractivity contribution >= 4 is 15.9 Å². The lowest BCUT2D eigenvalue weighted by atomic mass is 10.2. The van der Waals surface area contributed by atoms with E-state index in [9.17, 15) is 13.2 Å². The molecule has 0 aliphatic heterocycles. The molecular formula is C13H8BrF3O. The molecule has 0 bridgehead atoms. The molecule has 0 aliphatic rings. The summed E-state index contributed by atoms with van der Waals surface area (Å²) in [5, 5.41) is 0. The molecule has 0 spiro atoms. The predicted octanol–water partition coefficient (Wildman–Crippen LogP) is 4.45. The fraction of sp³-hybridized carbons (Fsp3) is 0.0769. The van der Waals surface area contributed by atoms with E-state index in [-0.39, 0.29) is 17.9 Å². The fourth-order valence-electron chi connectivity index (χ4n) is 1.38. The van der Waals surface area contributed by atoms with Gasteiger partial charge in [-0.3, -0.25) is 0 Å². The van der Waals surface area contributed by atoms with Crippen LogP contribution in [0.2, 0.25) is 0 Å². The van der Waals surface area contributed by atoms with E-state index in [1.165, 1.54) is 12.1 Å². The van der Waals surface area contributed by atoms with E-state index in [4.69, 9.17) is 4.74 Å². The van der Waals surface area contributed by atoms with Crippen LogP contribution in [0.15, 0.2) is 40.9 Å². The molecule has 2 rings (SSSR count). The van der Waals surface area contributed by atoms with E-state index in [0.717, 1.165) is 18.2 Å². The van der Waals surface area contributed by atoms with Crippen LogP contribution in [-0.4, -0.2) is 0 Å². The van der Waals surface area contributed by atoms with Gasteiger partial charge in [-0.05, 0) is 24.3 Å². The maximum Gasteiger partial charge on any atom is 0.165 e. The standard InChI is InChI=1S/C13H8BrF3O/c14-9-2-1-8(12(17)5-9)7-18-13-6-10(15)3-4-11(13)16/h1-6H,7H2. The van der Waals surface area contributed by atoms with Gasteiger partial charge < -0.3 is 4.74 Å². The van der Waals surface area contributed by atoms with Crippen molar-refractivity contribution in [3.63, 3.8) is 0 Å². The molecule has 2 aromatic carbocycles. The quantitative estimate of drug-likeness (QED) is 0.813. The molecule has 0 radical (unpaired) electrons. The van der Waals surface area contributed by atoms with Crippen molar-refractivity contribution in [1.82, 2.24) is 0 Å². The second-order valence-corrected chi connectivity index (χ2v) is 4.51. The lowest BCUT2D eigenvalue weighted by Gasteiger charge is -2.08. The monoisotopic (exact) mass is 316 g/mol. The van der Waals surface area contributed by atoms with Crippen LogP contribution >= 0.6 is 15.9 Å². The van der Waals surface area contributed by atoms with Gasteiger partial charge in [0.15, 0.2) is 11.6 Å². The van der Waals surface area contributed by atoms with E-state index >= 15 is 0 Å². The van der Waals surface area contributed by atoms with Crippen LogP contribution < -0.4 is 4.74 Å². The van der Waals surface area contributed by atoms with Gasteiger partial charge >= 0.3 is 0 Å². The summed E-state index contributed by atoms with van der Waals surface area (Å²) in [6.45, 7) is -0.167.